The zero-order valence-corrected chi connectivity index (χ0v) is 12.7. The fourth-order valence-electron chi connectivity index (χ4n) is 2.09. The lowest BCUT2D eigenvalue weighted by atomic mass is 10.2. The number of halogens is 1. The van der Waals surface area contributed by atoms with E-state index in [0.29, 0.717) is 16.0 Å². The molecule has 2 N–H and O–H groups in total. The Morgan fingerprint density at radius 2 is 1.95 bits per heavy atom. The third-order valence-electron chi connectivity index (χ3n) is 3.14. The number of aromatic nitrogens is 2. The van der Waals surface area contributed by atoms with Crippen LogP contribution in [-0.2, 0) is 10.0 Å². The van der Waals surface area contributed by atoms with Crippen molar-refractivity contribution in [1.82, 2.24) is 10.2 Å². The van der Waals surface area contributed by atoms with Crippen LogP contribution in [0.15, 0.2) is 47.4 Å². The molecule has 0 bridgehead atoms. The lowest BCUT2D eigenvalue weighted by Gasteiger charge is -2.09. The second kappa shape index (κ2) is 5.05. The van der Waals surface area contributed by atoms with Crippen LogP contribution in [0.2, 0.25) is 5.02 Å². The van der Waals surface area contributed by atoms with Crippen molar-refractivity contribution in [2.45, 2.75) is 11.8 Å². The molecule has 7 heteroatoms. The number of anilines is 1. The molecule has 0 fully saturated rings. The summed E-state index contributed by atoms with van der Waals surface area (Å²) in [5.41, 5.74) is 1.38. The number of benzene rings is 2. The minimum absolute atomic E-state index is 0.141. The number of aromatic amines is 1. The Morgan fingerprint density at radius 1 is 1.19 bits per heavy atom. The summed E-state index contributed by atoms with van der Waals surface area (Å²) >= 11 is 5.89. The maximum Gasteiger partial charge on any atom is 0.263 e. The molecular weight excluding hydrogens is 310 g/mol. The Bertz CT molecular complexity index is 919. The van der Waals surface area contributed by atoms with Gasteiger partial charge in [0, 0.05) is 10.4 Å². The molecule has 0 amide bonds. The molecule has 1 aromatic heterocycles. The van der Waals surface area contributed by atoms with Gasteiger partial charge >= 0.3 is 0 Å². The van der Waals surface area contributed by atoms with Gasteiger partial charge in [-0.05, 0) is 36.8 Å². The largest absolute Gasteiger partial charge is 0.276 e. The first kappa shape index (κ1) is 13.9. The van der Waals surface area contributed by atoms with Crippen LogP contribution in [0.3, 0.4) is 0 Å². The zero-order valence-electron chi connectivity index (χ0n) is 11.1. The number of rotatable bonds is 3. The van der Waals surface area contributed by atoms with E-state index in [2.05, 4.69) is 14.9 Å². The Labute approximate surface area is 127 Å². The van der Waals surface area contributed by atoms with Gasteiger partial charge in [0.05, 0.1) is 10.4 Å². The number of nitrogens with one attached hydrogen (secondary N) is 2. The summed E-state index contributed by atoms with van der Waals surface area (Å²) in [6, 6.07) is 12.0. The van der Waals surface area contributed by atoms with Crippen molar-refractivity contribution in [3.63, 3.8) is 0 Å². The van der Waals surface area contributed by atoms with E-state index >= 15 is 0 Å². The normalized spacial score (nSPS) is 11.7. The number of nitrogens with zero attached hydrogens (tertiary/aromatic N) is 1. The van der Waals surface area contributed by atoms with E-state index in [9.17, 15) is 8.42 Å². The molecule has 0 aliphatic rings. The third-order valence-corrected chi connectivity index (χ3v) is 4.86. The van der Waals surface area contributed by atoms with Gasteiger partial charge in [0.25, 0.3) is 10.0 Å². The number of hydrogen-bond acceptors (Lipinski definition) is 3. The highest BCUT2D eigenvalue weighted by molar-refractivity contribution is 7.92. The fraction of sp³-hybridized carbons (Fsp3) is 0.0714. The van der Waals surface area contributed by atoms with Crippen LogP contribution in [0.25, 0.3) is 10.9 Å². The van der Waals surface area contributed by atoms with E-state index in [1.165, 1.54) is 6.07 Å². The van der Waals surface area contributed by atoms with Gasteiger partial charge in [-0.25, -0.2) is 8.42 Å². The first-order valence-corrected chi connectivity index (χ1v) is 8.05. The number of para-hydroxylation sites is 1. The summed E-state index contributed by atoms with van der Waals surface area (Å²) in [6.07, 6.45) is 0. The SMILES string of the molecule is Cc1ccc(Cl)cc1S(=O)(=O)Nc1n[nH]c2ccccc12. The van der Waals surface area contributed by atoms with E-state index in [4.69, 9.17) is 11.6 Å². The maximum atomic E-state index is 12.5. The van der Waals surface area contributed by atoms with Gasteiger partial charge in [-0.1, -0.05) is 29.8 Å². The van der Waals surface area contributed by atoms with Crippen LogP contribution in [0.4, 0.5) is 5.82 Å². The van der Waals surface area contributed by atoms with Crippen LogP contribution >= 0.6 is 11.6 Å². The summed E-state index contributed by atoms with van der Waals surface area (Å²) < 4.78 is 27.5. The van der Waals surface area contributed by atoms with Crippen molar-refractivity contribution in [2.75, 3.05) is 4.72 Å². The molecule has 3 rings (SSSR count). The lowest BCUT2D eigenvalue weighted by molar-refractivity contribution is 0.600. The van der Waals surface area contributed by atoms with Crippen LogP contribution in [0, 0.1) is 6.92 Å². The summed E-state index contributed by atoms with van der Waals surface area (Å²) in [4.78, 5) is 0.141. The summed E-state index contributed by atoms with van der Waals surface area (Å²) in [6.45, 7) is 1.72. The van der Waals surface area contributed by atoms with Crippen molar-refractivity contribution in [3.05, 3.63) is 53.1 Å². The highest BCUT2D eigenvalue weighted by Gasteiger charge is 2.19. The van der Waals surface area contributed by atoms with Crippen LogP contribution in [0.5, 0.6) is 0 Å². The van der Waals surface area contributed by atoms with E-state index in [1.807, 2.05) is 18.2 Å². The van der Waals surface area contributed by atoms with E-state index in [-0.39, 0.29) is 10.7 Å². The van der Waals surface area contributed by atoms with Crippen LogP contribution < -0.4 is 4.72 Å². The van der Waals surface area contributed by atoms with Gasteiger partial charge in [-0.15, -0.1) is 0 Å². The minimum atomic E-state index is -3.74. The molecule has 0 radical (unpaired) electrons. The molecule has 0 aliphatic carbocycles. The van der Waals surface area contributed by atoms with Gasteiger partial charge in [0.1, 0.15) is 0 Å². The number of sulfonamides is 1. The van der Waals surface area contributed by atoms with Crippen molar-refractivity contribution in [2.24, 2.45) is 0 Å². The van der Waals surface area contributed by atoms with Gasteiger partial charge in [0.2, 0.25) is 0 Å². The monoisotopic (exact) mass is 321 g/mol. The highest BCUT2D eigenvalue weighted by atomic mass is 35.5. The maximum absolute atomic E-state index is 12.5. The van der Waals surface area contributed by atoms with Crippen molar-refractivity contribution in [3.8, 4) is 0 Å². The predicted octanol–water partition coefficient (Wildman–Crippen LogP) is 3.33. The topological polar surface area (TPSA) is 74.8 Å². The molecule has 0 unspecified atom stereocenters. The van der Waals surface area contributed by atoms with Gasteiger partial charge < -0.3 is 0 Å². The Hall–Kier alpha value is -2.05. The molecule has 0 saturated carbocycles. The van der Waals surface area contributed by atoms with E-state index in [0.717, 1.165) is 5.52 Å². The summed E-state index contributed by atoms with van der Waals surface area (Å²) in [5, 5.41) is 7.87. The third kappa shape index (κ3) is 2.59. The molecule has 2 aromatic carbocycles. The van der Waals surface area contributed by atoms with E-state index < -0.39 is 10.0 Å². The van der Waals surface area contributed by atoms with Gasteiger partial charge in [0.15, 0.2) is 5.82 Å². The van der Waals surface area contributed by atoms with Crippen molar-refractivity contribution in [1.29, 1.82) is 0 Å². The molecule has 21 heavy (non-hydrogen) atoms. The second-order valence-electron chi connectivity index (χ2n) is 4.63. The number of hydrogen-bond donors (Lipinski definition) is 2. The number of fused-ring (bicyclic) bond motifs is 1. The standard InChI is InChI=1S/C14H12ClN3O2S/c1-9-6-7-10(15)8-13(9)21(19,20)18-14-11-4-2-3-5-12(11)16-17-14/h2-8H,1H3,(H2,16,17,18). The van der Waals surface area contributed by atoms with Crippen molar-refractivity contribution < 1.29 is 8.42 Å². The van der Waals surface area contributed by atoms with Gasteiger partial charge in [-0.2, -0.15) is 5.10 Å². The fourth-order valence-corrected chi connectivity index (χ4v) is 3.62. The second-order valence-corrected chi connectivity index (χ2v) is 6.72. The molecule has 3 aromatic rings. The average molecular weight is 322 g/mol. The molecule has 0 spiro atoms. The zero-order chi connectivity index (χ0) is 15.0. The first-order chi connectivity index (χ1) is 9.97. The average Bonchev–Trinajstić information content (AvgIpc) is 2.84. The number of H-pyrrole nitrogens is 1. The summed E-state index contributed by atoms with van der Waals surface area (Å²) in [5.74, 6) is 0.268. The van der Waals surface area contributed by atoms with E-state index in [1.54, 1.807) is 25.1 Å². The van der Waals surface area contributed by atoms with Gasteiger partial charge in [-0.3, -0.25) is 9.82 Å². The molecule has 0 atom stereocenters. The predicted molar refractivity (Wildman–Crippen MR) is 83.1 cm³/mol. The molecular formula is C14H12ClN3O2S. The minimum Gasteiger partial charge on any atom is -0.276 e. The smallest absolute Gasteiger partial charge is 0.263 e. The van der Waals surface area contributed by atoms with Crippen LogP contribution in [-0.4, -0.2) is 18.6 Å². The number of aryl methyl sites for hydroxylation is 1. The first-order valence-electron chi connectivity index (χ1n) is 6.19. The summed E-state index contributed by atoms with van der Waals surface area (Å²) in [7, 11) is -3.74. The lowest BCUT2D eigenvalue weighted by Crippen LogP contribution is -2.14. The molecule has 1 heterocycles. The molecule has 5 nitrogen and oxygen atoms in total. The molecule has 108 valence electrons. The Balaban J connectivity index is 2.05. The van der Waals surface area contributed by atoms with Crippen LogP contribution in [0.1, 0.15) is 5.56 Å². The highest BCUT2D eigenvalue weighted by Crippen LogP contribution is 2.25. The molecule has 0 saturated heterocycles. The Morgan fingerprint density at radius 3 is 2.76 bits per heavy atom. The quantitative estimate of drug-likeness (QED) is 0.777. The Kier molecular flexibility index (Phi) is 3.35. The van der Waals surface area contributed by atoms with Crippen molar-refractivity contribution >= 4 is 38.3 Å². The molecule has 0 aliphatic heterocycles.